The number of hydrogen-bond donors (Lipinski definition) is 1. The zero-order chi connectivity index (χ0) is 19.2. The van der Waals surface area contributed by atoms with E-state index in [4.69, 9.17) is 4.74 Å². The van der Waals surface area contributed by atoms with Gasteiger partial charge in [-0.2, -0.15) is 5.26 Å². The Hall–Kier alpha value is -2.62. The van der Waals surface area contributed by atoms with Crippen molar-refractivity contribution in [3.8, 4) is 11.8 Å². The number of aliphatic hydroxyl groups excluding tert-OH is 1. The minimum atomic E-state index is -0.525. The van der Waals surface area contributed by atoms with Gasteiger partial charge in [0, 0.05) is 38.8 Å². The highest BCUT2D eigenvalue weighted by Gasteiger charge is 2.24. The molecule has 0 radical (unpaired) electrons. The number of aromatic nitrogens is 1. The first-order valence-electron chi connectivity index (χ1n) is 9.34. The van der Waals surface area contributed by atoms with Crippen LogP contribution in [-0.4, -0.2) is 53.5 Å². The predicted octanol–water partition coefficient (Wildman–Crippen LogP) is 2.42. The molecular formula is C21H26N4O2. The molecule has 1 saturated heterocycles. The van der Waals surface area contributed by atoms with E-state index in [9.17, 15) is 10.4 Å². The molecule has 3 rings (SSSR count). The molecule has 6 heteroatoms. The molecule has 142 valence electrons. The van der Waals surface area contributed by atoms with Gasteiger partial charge in [-0.3, -0.25) is 4.90 Å². The number of benzene rings is 1. The third-order valence-corrected chi connectivity index (χ3v) is 4.66. The van der Waals surface area contributed by atoms with Crippen molar-refractivity contribution in [2.45, 2.75) is 32.6 Å². The molecule has 1 aliphatic rings. The number of nitrogens with zero attached hydrogens (tertiary/aromatic N) is 4. The first-order valence-corrected chi connectivity index (χ1v) is 9.34. The number of ether oxygens (including phenoxy) is 1. The summed E-state index contributed by atoms with van der Waals surface area (Å²) in [7, 11) is 0. The molecule has 2 aromatic rings. The molecule has 0 spiro atoms. The number of nitriles is 1. The zero-order valence-electron chi connectivity index (χ0n) is 15.9. The summed E-state index contributed by atoms with van der Waals surface area (Å²) in [5, 5.41) is 19.9. The van der Waals surface area contributed by atoms with E-state index >= 15 is 0 Å². The van der Waals surface area contributed by atoms with Crippen LogP contribution in [0.1, 0.15) is 25.0 Å². The second-order valence-corrected chi connectivity index (χ2v) is 7.00. The summed E-state index contributed by atoms with van der Waals surface area (Å²) in [5.41, 5.74) is 1.67. The van der Waals surface area contributed by atoms with Crippen LogP contribution in [0.15, 0.2) is 42.6 Å². The molecule has 2 heterocycles. The Morgan fingerprint density at radius 2 is 1.85 bits per heavy atom. The normalized spacial score (nSPS) is 16.2. The van der Waals surface area contributed by atoms with Crippen LogP contribution in [0.25, 0.3) is 0 Å². The fourth-order valence-corrected chi connectivity index (χ4v) is 3.28. The maximum Gasteiger partial charge on any atom is 0.146 e. The molecule has 1 fully saturated rings. The lowest BCUT2D eigenvalue weighted by molar-refractivity contribution is 0.00101. The van der Waals surface area contributed by atoms with E-state index in [2.05, 4.69) is 20.9 Å². The quantitative estimate of drug-likeness (QED) is 0.846. The standard InChI is InChI=1S/C21H26N4O2/c1-16(2)27-19-7-5-17(6-8-19)14-20(26)24-10-12-25(13-11-24)21-18(15-22)4-3-9-23-21/h3-9,16,20,26H,10-14H2,1-2H3. The van der Waals surface area contributed by atoms with Crippen molar-refractivity contribution in [2.75, 3.05) is 31.1 Å². The molecule has 0 amide bonds. The van der Waals surface area contributed by atoms with E-state index in [1.165, 1.54) is 0 Å². The van der Waals surface area contributed by atoms with Crippen molar-refractivity contribution in [3.63, 3.8) is 0 Å². The van der Waals surface area contributed by atoms with Crippen LogP contribution in [0.5, 0.6) is 5.75 Å². The maximum absolute atomic E-state index is 10.6. The summed E-state index contributed by atoms with van der Waals surface area (Å²) in [6, 6.07) is 13.7. The second-order valence-electron chi connectivity index (χ2n) is 7.00. The van der Waals surface area contributed by atoms with Crippen molar-refractivity contribution in [1.29, 1.82) is 5.26 Å². The lowest BCUT2D eigenvalue weighted by Gasteiger charge is -2.38. The fourth-order valence-electron chi connectivity index (χ4n) is 3.28. The summed E-state index contributed by atoms with van der Waals surface area (Å²) in [4.78, 5) is 8.53. The molecule has 1 unspecified atom stereocenters. The van der Waals surface area contributed by atoms with Crippen LogP contribution < -0.4 is 9.64 Å². The van der Waals surface area contributed by atoms with Crippen molar-refractivity contribution < 1.29 is 9.84 Å². The Kier molecular flexibility index (Phi) is 6.28. The van der Waals surface area contributed by atoms with Crippen LogP contribution in [-0.2, 0) is 6.42 Å². The minimum absolute atomic E-state index is 0.151. The van der Waals surface area contributed by atoms with E-state index in [-0.39, 0.29) is 6.10 Å². The monoisotopic (exact) mass is 366 g/mol. The van der Waals surface area contributed by atoms with Crippen molar-refractivity contribution >= 4 is 5.82 Å². The van der Waals surface area contributed by atoms with Gasteiger partial charge in [0.05, 0.1) is 11.7 Å². The van der Waals surface area contributed by atoms with Crippen LogP contribution in [0.4, 0.5) is 5.82 Å². The van der Waals surface area contributed by atoms with E-state index in [0.717, 1.165) is 43.3 Å². The molecule has 0 saturated carbocycles. The third kappa shape index (κ3) is 4.97. The average Bonchev–Trinajstić information content (AvgIpc) is 2.69. The van der Waals surface area contributed by atoms with Gasteiger partial charge in [-0.1, -0.05) is 12.1 Å². The Labute approximate surface area is 160 Å². The molecule has 1 aliphatic heterocycles. The highest BCUT2D eigenvalue weighted by Crippen LogP contribution is 2.20. The largest absolute Gasteiger partial charge is 0.491 e. The number of hydrogen-bond acceptors (Lipinski definition) is 6. The first kappa shape index (κ1) is 19.2. The Balaban J connectivity index is 1.54. The second kappa shape index (κ2) is 8.85. The van der Waals surface area contributed by atoms with E-state index < -0.39 is 6.23 Å². The highest BCUT2D eigenvalue weighted by molar-refractivity contribution is 5.53. The number of rotatable bonds is 6. The predicted molar refractivity (Wildman–Crippen MR) is 105 cm³/mol. The molecule has 0 bridgehead atoms. The van der Waals surface area contributed by atoms with Gasteiger partial charge in [0.25, 0.3) is 0 Å². The third-order valence-electron chi connectivity index (χ3n) is 4.66. The molecule has 27 heavy (non-hydrogen) atoms. The van der Waals surface area contributed by atoms with Gasteiger partial charge >= 0.3 is 0 Å². The topological polar surface area (TPSA) is 72.6 Å². The van der Waals surface area contributed by atoms with E-state index in [1.807, 2.05) is 38.1 Å². The van der Waals surface area contributed by atoms with Gasteiger partial charge < -0.3 is 14.7 Å². The molecule has 1 aromatic carbocycles. The summed E-state index contributed by atoms with van der Waals surface area (Å²) in [5.74, 6) is 1.58. The number of pyridine rings is 1. The van der Waals surface area contributed by atoms with Gasteiger partial charge in [-0.15, -0.1) is 0 Å². The van der Waals surface area contributed by atoms with Crippen LogP contribution in [0.2, 0.25) is 0 Å². The summed E-state index contributed by atoms with van der Waals surface area (Å²) in [6.45, 7) is 6.95. The average molecular weight is 366 g/mol. The van der Waals surface area contributed by atoms with E-state index in [1.54, 1.807) is 18.3 Å². The smallest absolute Gasteiger partial charge is 0.146 e. The summed E-state index contributed by atoms with van der Waals surface area (Å²) < 4.78 is 5.66. The number of piperazine rings is 1. The Bertz CT molecular complexity index is 778. The Morgan fingerprint density at radius 1 is 1.15 bits per heavy atom. The fraction of sp³-hybridized carbons (Fsp3) is 0.429. The zero-order valence-corrected chi connectivity index (χ0v) is 15.9. The van der Waals surface area contributed by atoms with Crippen LogP contribution in [0.3, 0.4) is 0 Å². The van der Waals surface area contributed by atoms with Crippen molar-refractivity contribution in [3.05, 3.63) is 53.7 Å². The summed E-state index contributed by atoms with van der Waals surface area (Å²) >= 11 is 0. The van der Waals surface area contributed by atoms with Gasteiger partial charge in [-0.25, -0.2) is 4.98 Å². The SMILES string of the molecule is CC(C)Oc1ccc(CC(O)N2CCN(c3ncccc3C#N)CC2)cc1. The van der Waals surface area contributed by atoms with Crippen molar-refractivity contribution in [2.24, 2.45) is 0 Å². The lowest BCUT2D eigenvalue weighted by atomic mass is 10.1. The molecule has 1 atom stereocenters. The minimum Gasteiger partial charge on any atom is -0.491 e. The first-order chi connectivity index (χ1) is 13.1. The van der Waals surface area contributed by atoms with Crippen LogP contribution >= 0.6 is 0 Å². The van der Waals surface area contributed by atoms with Crippen molar-refractivity contribution in [1.82, 2.24) is 9.88 Å². The number of aliphatic hydroxyl groups is 1. The Morgan fingerprint density at radius 3 is 2.48 bits per heavy atom. The van der Waals surface area contributed by atoms with Gasteiger partial charge in [0.2, 0.25) is 0 Å². The van der Waals surface area contributed by atoms with E-state index in [0.29, 0.717) is 12.0 Å². The molecule has 0 aliphatic carbocycles. The highest BCUT2D eigenvalue weighted by atomic mass is 16.5. The van der Waals surface area contributed by atoms with Gasteiger partial charge in [0.15, 0.2) is 0 Å². The van der Waals surface area contributed by atoms with Gasteiger partial charge in [0.1, 0.15) is 23.9 Å². The van der Waals surface area contributed by atoms with Gasteiger partial charge in [-0.05, 0) is 43.7 Å². The lowest BCUT2D eigenvalue weighted by Crippen LogP contribution is -2.51. The van der Waals surface area contributed by atoms with Crippen LogP contribution in [0, 0.1) is 11.3 Å². The number of anilines is 1. The molecule has 1 aromatic heterocycles. The summed E-state index contributed by atoms with van der Waals surface area (Å²) in [6.07, 6.45) is 1.92. The molecule has 6 nitrogen and oxygen atoms in total. The molecule has 1 N–H and O–H groups in total. The molecular weight excluding hydrogens is 340 g/mol. The maximum atomic E-state index is 10.6.